The summed E-state index contributed by atoms with van der Waals surface area (Å²) in [5.74, 6) is 0. The SMILES string of the molecule is CC1(C)CC(C)(C)c2cc(N3c4cc5c(cc4B4c6ccccc6C(C)(C)c6cc(N(c7ccccc7)c7ccccc7)cc3c64)C(C)(C)CC5(C)C)ccc21. The Bertz CT molecular complexity index is 2540. The molecule has 0 aromatic heterocycles. The summed E-state index contributed by atoms with van der Waals surface area (Å²) in [6.07, 6.45) is 2.29. The first-order valence-electron chi connectivity index (χ1n) is 20.8. The first kappa shape index (κ1) is 35.4. The quantitative estimate of drug-likeness (QED) is 0.166. The molecule has 0 radical (unpaired) electrons. The maximum absolute atomic E-state index is 2.68. The second-order valence-corrected chi connectivity index (χ2v) is 20.5. The third-order valence-corrected chi connectivity index (χ3v) is 14.2. The largest absolute Gasteiger partial charge is 0.311 e. The van der Waals surface area contributed by atoms with Crippen molar-refractivity contribution in [2.45, 2.75) is 109 Å². The Labute approximate surface area is 335 Å². The van der Waals surface area contributed by atoms with Gasteiger partial charge in [0, 0.05) is 39.5 Å². The van der Waals surface area contributed by atoms with Crippen LogP contribution in [0.5, 0.6) is 0 Å². The van der Waals surface area contributed by atoms with Gasteiger partial charge in [-0.15, -0.1) is 0 Å². The van der Waals surface area contributed by atoms with E-state index in [-0.39, 0.29) is 33.8 Å². The topological polar surface area (TPSA) is 6.48 Å². The van der Waals surface area contributed by atoms with Crippen molar-refractivity contribution in [3.05, 3.63) is 161 Å². The molecule has 2 heterocycles. The summed E-state index contributed by atoms with van der Waals surface area (Å²) < 4.78 is 0. The number of benzene rings is 6. The van der Waals surface area contributed by atoms with Crippen molar-refractivity contribution >= 4 is 57.2 Å². The number of nitrogens with zero attached hydrogens (tertiary/aromatic N) is 2. The van der Waals surface area contributed by atoms with Crippen molar-refractivity contribution in [2.75, 3.05) is 9.80 Å². The Morgan fingerprint density at radius 2 is 0.964 bits per heavy atom. The number of para-hydroxylation sites is 2. The molecule has 2 nitrogen and oxygen atoms in total. The monoisotopic (exact) mass is 730 g/mol. The van der Waals surface area contributed by atoms with Gasteiger partial charge in [0.2, 0.25) is 6.71 Å². The molecular formula is C53H55BN2. The summed E-state index contributed by atoms with van der Waals surface area (Å²) in [7, 11) is 0. The molecule has 2 aliphatic carbocycles. The van der Waals surface area contributed by atoms with E-state index in [2.05, 4.69) is 206 Å². The van der Waals surface area contributed by atoms with Crippen molar-refractivity contribution in [3.8, 4) is 0 Å². The zero-order valence-electron chi connectivity index (χ0n) is 35.0. The Morgan fingerprint density at radius 1 is 0.429 bits per heavy atom. The Kier molecular flexibility index (Phi) is 7.29. The van der Waals surface area contributed by atoms with Gasteiger partial charge >= 0.3 is 0 Å². The van der Waals surface area contributed by atoms with Gasteiger partial charge in [0.15, 0.2) is 0 Å². The highest BCUT2D eigenvalue weighted by Gasteiger charge is 2.50. The van der Waals surface area contributed by atoms with Gasteiger partial charge in [-0.2, -0.15) is 0 Å². The zero-order valence-corrected chi connectivity index (χ0v) is 35.0. The fourth-order valence-electron chi connectivity index (χ4n) is 12.3. The van der Waals surface area contributed by atoms with Crippen molar-refractivity contribution < 1.29 is 0 Å². The second-order valence-electron chi connectivity index (χ2n) is 20.5. The standard InChI is InChI=1S/C53H55BN2/c1-49(2)32-50(3,4)40-27-36(25-26-38(40)49)56-46-31-42-41(51(5,6)33-52(42,7)8)30-45(46)54-44-24-18-17-23-39(44)53(9,10)43-28-37(29-47(56)48(43)54)55(34-19-13-11-14-20-34)35-21-15-12-16-22-35/h11-31H,32-33H2,1-10H3. The third-order valence-electron chi connectivity index (χ3n) is 14.2. The average Bonchev–Trinajstić information content (AvgIpc) is 3.46. The van der Waals surface area contributed by atoms with Gasteiger partial charge in [0.05, 0.1) is 0 Å². The van der Waals surface area contributed by atoms with E-state index in [1.165, 1.54) is 72.5 Å². The van der Waals surface area contributed by atoms with Crippen LogP contribution >= 0.6 is 0 Å². The summed E-state index contributed by atoms with van der Waals surface area (Å²) in [5.41, 5.74) is 20.6. The van der Waals surface area contributed by atoms with Gasteiger partial charge in [-0.05, 0) is 133 Å². The van der Waals surface area contributed by atoms with Crippen LogP contribution in [0, 0.1) is 0 Å². The molecule has 3 heteroatoms. The number of hydrogen-bond donors (Lipinski definition) is 0. The van der Waals surface area contributed by atoms with Crippen molar-refractivity contribution in [2.24, 2.45) is 0 Å². The molecule has 0 unspecified atom stereocenters. The van der Waals surface area contributed by atoms with Crippen LogP contribution in [0.25, 0.3) is 0 Å². The molecule has 0 fully saturated rings. The van der Waals surface area contributed by atoms with E-state index in [1.807, 2.05) is 0 Å². The van der Waals surface area contributed by atoms with Crippen LogP contribution in [0.2, 0.25) is 0 Å². The minimum Gasteiger partial charge on any atom is -0.311 e. The molecule has 2 aliphatic heterocycles. The fourth-order valence-corrected chi connectivity index (χ4v) is 12.3. The van der Waals surface area contributed by atoms with Gasteiger partial charge in [0.25, 0.3) is 0 Å². The molecule has 0 bridgehead atoms. The fraction of sp³-hybridized carbons (Fsp3) is 0.321. The predicted molar refractivity (Wildman–Crippen MR) is 240 cm³/mol. The highest BCUT2D eigenvalue weighted by atomic mass is 15.2. The Morgan fingerprint density at radius 3 is 1.59 bits per heavy atom. The van der Waals surface area contributed by atoms with Gasteiger partial charge in [-0.3, -0.25) is 0 Å². The second kappa shape index (κ2) is 11.5. The van der Waals surface area contributed by atoms with Gasteiger partial charge in [-0.1, -0.05) is 147 Å². The minimum absolute atomic E-state index is 0.0701. The van der Waals surface area contributed by atoms with Crippen LogP contribution in [0.15, 0.2) is 127 Å². The van der Waals surface area contributed by atoms with E-state index < -0.39 is 0 Å². The molecule has 0 saturated heterocycles. The lowest BCUT2D eigenvalue weighted by molar-refractivity contribution is 0.403. The van der Waals surface area contributed by atoms with Crippen LogP contribution in [-0.4, -0.2) is 6.71 Å². The molecule has 56 heavy (non-hydrogen) atoms. The summed E-state index contributed by atoms with van der Waals surface area (Å²) in [4.78, 5) is 5.13. The van der Waals surface area contributed by atoms with Crippen molar-refractivity contribution in [1.29, 1.82) is 0 Å². The number of hydrogen-bond acceptors (Lipinski definition) is 2. The molecule has 280 valence electrons. The smallest absolute Gasteiger partial charge is 0.247 e. The zero-order chi connectivity index (χ0) is 39.2. The first-order valence-corrected chi connectivity index (χ1v) is 20.8. The predicted octanol–water partition coefficient (Wildman–Crippen LogP) is 12.0. The number of anilines is 6. The third kappa shape index (κ3) is 4.95. The van der Waals surface area contributed by atoms with Crippen LogP contribution in [0.3, 0.4) is 0 Å². The number of rotatable bonds is 4. The van der Waals surface area contributed by atoms with E-state index >= 15 is 0 Å². The van der Waals surface area contributed by atoms with Crippen LogP contribution in [0.1, 0.15) is 115 Å². The van der Waals surface area contributed by atoms with E-state index in [9.17, 15) is 0 Å². The first-order chi connectivity index (χ1) is 26.5. The summed E-state index contributed by atoms with van der Waals surface area (Å²) >= 11 is 0. The maximum atomic E-state index is 2.68. The highest BCUT2D eigenvalue weighted by molar-refractivity contribution is 6.99. The average molecular weight is 731 g/mol. The normalized spacial score (nSPS) is 19.4. The Balaban J connectivity index is 1.34. The number of fused-ring (bicyclic) bond motifs is 6. The molecule has 0 amide bonds. The lowest BCUT2D eigenvalue weighted by atomic mass is 9.30. The van der Waals surface area contributed by atoms with Gasteiger partial charge in [-0.25, -0.2) is 0 Å². The van der Waals surface area contributed by atoms with Crippen LogP contribution < -0.4 is 26.2 Å². The summed E-state index contributed by atoms with van der Waals surface area (Å²) in [6, 6.07) is 48.9. The van der Waals surface area contributed by atoms with Crippen molar-refractivity contribution in [1.82, 2.24) is 0 Å². The molecule has 0 N–H and O–H groups in total. The van der Waals surface area contributed by atoms with Crippen LogP contribution in [-0.2, 0) is 27.1 Å². The molecule has 0 atom stereocenters. The molecule has 10 rings (SSSR count). The maximum Gasteiger partial charge on any atom is 0.247 e. The van der Waals surface area contributed by atoms with Crippen molar-refractivity contribution in [3.63, 3.8) is 0 Å². The molecule has 6 aromatic carbocycles. The summed E-state index contributed by atoms with van der Waals surface area (Å²) in [6.45, 7) is 24.6. The van der Waals surface area contributed by atoms with E-state index in [0.29, 0.717) is 0 Å². The molecule has 0 spiro atoms. The molecular weight excluding hydrogens is 675 g/mol. The van der Waals surface area contributed by atoms with E-state index in [4.69, 9.17) is 0 Å². The van der Waals surface area contributed by atoms with Crippen LogP contribution in [0.4, 0.5) is 34.1 Å². The lowest BCUT2D eigenvalue weighted by Gasteiger charge is -2.46. The van der Waals surface area contributed by atoms with Gasteiger partial charge < -0.3 is 9.80 Å². The molecule has 4 aliphatic rings. The highest BCUT2D eigenvalue weighted by Crippen LogP contribution is 2.55. The lowest BCUT2D eigenvalue weighted by Crippen LogP contribution is -2.64. The minimum atomic E-state index is -0.225. The van der Waals surface area contributed by atoms with Gasteiger partial charge in [0.1, 0.15) is 0 Å². The summed E-state index contributed by atoms with van der Waals surface area (Å²) in [5, 5.41) is 0. The molecule has 0 saturated carbocycles. The van der Waals surface area contributed by atoms with E-state index in [0.717, 1.165) is 24.2 Å². The van der Waals surface area contributed by atoms with E-state index in [1.54, 1.807) is 0 Å². The Hall–Kier alpha value is -5.02. The molecule has 6 aromatic rings.